The lowest BCUT2D eigenvalue weighted by Gasteiger charge is -2.10. The molecule has 0 fully saturated rings. The number of para-hydroxylation sites is 1. The fourth-order valence-electron chi connectivity index (χ4n) is 3.32. The van der Waals surface area contributed by atoms with E-state index in [1.54, 1.807) is 12.3 Å². The number of amides is 1. The van der Waals surface area contributed by atoms with E-state index in [-0.39, 0.29) is 18.0 Å². The number of nitrogens with zero attached hydrogens (tertiary/aromatic N) is 3. The van der Waals surface area contributed by atoms with Gasteiger partial charge in [0.2, 0.25) is 5.91 Å². The summed E-state index contributed by atoms with van der Waals surface area (Å²) in [7, 11) is 0. The van der Waals surface area contributed by atoms with Gasteiger partial charge in [0.15, 0.2) is 0 Å². The van der Waals surface area contributed by atoms with Crippen molar-refractivity contribution in [2.24, 2.45) is 0 Å². The monoisotopic (exact) mass is 406 g/mol. The quantitative estimate of drug-likeness (QED) is 0.533. The van der Waals surface area contributed by atoms with Crippen molar-refractivity contribution in [3.63, 3.8) is 0 Å². The zero-order valence-electron chi connectivity index (χ0n) is 16.2. The number of hydrogen-bond acceptors (Lipinski definition) is 4. The number of carbonyl (C=O) groups excluding carboxylic acids is 1. The van der Waals surface area contributed by atoms with Crippen molar-refractivity contribution in [1.29, 1.82) is 0 Å². The molecule has 0 radical (unpaired) electrons. The lowest BCUT2D eigenvalue weighted by Crippen LogP contribution is -2.28. The van der Waals surface area contributed by atoms with Crippen LogP contribution in [0.4, 0.5) is 10.1 Å². The Labute approximate surface area is 171 Å². The van der Waals surface area contributed by atoms with Crippen LogP contribution in [0.5, 0.6) is 0 Å². The molecule has 0 spiro atoms. The summed E-state index contributed by atoms with van der Waals surface area (Å²) in [5.74, 6) is -0.741. The zero-order valence-corrected chi connectivity index (χ0v) is 16.2. The van der Waals surface area contributed by atoms with E-state index in [2.05, 4.69) is 10.4 Å². The Hall–Kier alpha value is -3.78. The summed E-state index contributed by atoms with van der Waals surface area (Å²) < 4.78 is 15.9. The van der Waals surface area contributed by atoms with Crippen LogP contribution in [0.15, 0.2) is 65.7 Å². The average Bonchev–Trinajstić information content (AvgIpc) is 3.12. The first-order valence-corrected chi connectivity index (χ1v) is 9.31. The smallest absolute Gasteiger partial charge is 0.277 e. The van der Waals surface area contributed by atoms with Crippen molar-refractivity contribution in [3.05, 3.63) is 88.2 Å². The molecule has 0 atom stereocenters. The van der Waals surface area contributed by atoms with E-state index in [0.29, 0.717) is 22.5 Å². The number of carbonyl (C=O) groups is 1. The number of fused-ring (bicyclic) bond motifs is 1. The number of aliphatic hydroxyl groups excluding tert-OH is 1. The van der Waals surface area contributed by atoms with E-state index in [4.69, 9.17) is 0 Å². The van der Waals surface area contributed by atoms with Crippen LogP contribution in [-0.4, -0.2) is 25.2 Å². The van der Waals surface area contributed by atoms with Gasteiger partial charge in [-0.05, 0) is 42.8 Å². The van der Waals surface area contributed by atoms with E-state index >= 15 is 0 Å². The summed E-state index contributed by atoms with van der Waals surface area (Å²) in [5.41, 5.74) is 2.58. The topological polar surface area (TPSA) is 88.6 Å². The number of halogens is 1. The van der Waals surface area contributed by atoms with Gasteiger partial charge < -0.3 is 15.0 Å². The number of anilines is 1. The lowest BCUT2D eigenvalue weighted by atomic mass is 10.1. The summed E-state index contributed by atoms with van der Waals surface area (Å²) in [5, 5.41) is 17.0. The Kier molecular flexibility index (Phi) is 5.16. The van der Waals surface area contributed by atoms with Gasteiger partial charge in [-0.25, -0.2) is 8.91 Å². The van der Waals surface area contributed by atoms with Gasteiger partial charge in [0.25, 0.3) is 5.56 Å². The van der Waals surface area contributed by atoms with Crippen molar-refractivity contribution < 1.29 is 14.3 Å². The Morgan fingerprint density at radius 2 is 1.87 bits per heavy atom. The van der Waals surface area contributed by atoms with Crippen molar-refractivity contribution in [2.75, 3.05) is 5.32 Å². The number of nitrogens with one attached hydrogen (secondary N) is 1. The molecule has 2 aromatic heterocycles. The second kappa shape index (κ2) is 7.92. The molecule has 2 N–H and O–H groups in total. The Balaban J connectivity index is 1.70. The third-order valence-corrected chi connectivity index (χ3v) is 4.87. The van der Waals surface area contributed by atoms with Crippen LogP contribution in [0, 0.1) is 12.7 Å². The Morgan fingerprint density at radius 3 is 2.57 bits per heavy atom. The molecule has 7 nitrogen and oxygen atoms in total. The molecule has 2 aromatic carbocycles. The summed E-state index contributed by atoms with van der Waals surface area (Å²) >= 11 is 0. The van der Waals surface area contributed by atoms with Gasteiger partial charge in [0.05, 0.1) is 12.3 Å². The van der Waals surface area contributed by atoms with Crippen LogP contribution in [0.1, 0.15) is 11.1 Å². The highest BCUT2D eigenvalue weighted by atomic mass is 19.1. The van der Waals surface area contributed by atoms with Gasteiger partial charge in [-0.15, -0.1) is 0 Å². The maximum absolute atomic E-state index is 13.2. The molecule has 2 heterocycles. The van der Waals surface area contributed by atoms with Gasteiger partial charge in [-0.2, -0.15) is 5.10 Å². The van der Waals surface area contributed by atoms with Crippen LogP contribution in [0.25, 0.3) is 16.8 Å². The third kappa shape index (κ3) is 3.60. The van der Waals surface area contributed by atoms with Gasteiger partial charge in [0.1, 0.15) is 17.9 Å². The third-order valence-electron chi connectivity index (χ3n) is 4.87. The van der Waals surface area contributed by atoms with Gasteiger partial charge >= 0.3 is 0 Å². The molecule has 0 aliphatic carbocycles. The Morgan fingerprint density at radius 1 is 1.13 bits per heavy atom. The number of rotatable bonds is 5. The Bertz CT molecular complexity index is 1290. The minimum Gasteiger partial charge on any atom is -0.392 e. The lowest BCUT2D eigenvalue weighted by molar-refractivity contribution is -0.116. The minimum atomic E-state index is -0.456. The van der Waals surface area contributed by atoms with Gasteiger partial charge in [0, 0.05) is 29.2 Å². The summed E-state index contributed by atoms with van der Waals surface area (Å²) in [4.78, 5) is 25.5. The first-order valence-electron chi connectivity index (χ1n) is 9.31. The fourth-order valence-corrected chi connectivity index (χ4v) is 3.32. The van der Waals surface area contributed by atoms with Gasteiger partial charge in [-0.3, -0.25) is 9.59 Å². The molecule has 4 aromatic rings. The highest BCUT2D eigenvalue weighted by molar-refractivity contribution is 5.91. The first kappa shape index (κ1) is 19.5. The zero-order chi connectivity index (χ0) is 21.3. The van der Waals surface area contributed by atoms with Crippen molar-refractivity contribution in [2.45, 2.75) is 20.1 Å². The molecular formula is C22H19FN4O3. The minimum absolute atomic E-state index is 0.169. The molecule has 0 aliphatic rings. The molecule has 0 aliphatic heterocycles. The van der Waals surface area contributed by atoms with Crippen LogP contribution < -0.4 is 10.9 Å². The molecule has 0 saturated heterocycles. The van der Waals surface area contributed by atoms with Crippen molar-refractivity contribution in [1.82, 2.24) is 14.2 Å². The van der Waals surface area contributed by atoms with E-state index in [0.717, 1.165) is 5.56 Å². The predicted octanol–water partition coefficient (Wildman–Crippen LogP) is 2.74. The molecule has 0 saturated carbocycles. The molecule has 30 heavy (non-hydrogen) atoms. The molecule has 4 rings (SSSR count). The molecule has 8 heteroatoms. The molecule has 1 amide bonds. The van der Waals surface area contributed by atoms with E-state index in [1.807, 2.05) is 25.1 Å². The number of benzene rings is 2. The fraction of sp³-hybridized carbons (Fsp3) is 0.136. The van der Waals surface area contributed by atoms with E-state index in [1.165, 1.54) is 39.5 Å². The SMILES string of the molecule is Cc1ccccc1NC(=O)Cn1ccn2nc(-c3ccc(F)cc3)c(CO)c2c1=O. The van der Waals surface area contributed by atoms with E-state index < -0.39 is 18.0 Å². The molecule has 0 bridgehead atoms. The largest absolute Gasteiger partial charge is 0.392 e. The van der Waals surface area contributed by atoms with Crippen molar-refractivity contribution in [3.8, 4) is 11.3 Å². The first-order chi connectivity index (χ1) is 14.5. The molecule has 0 unspecified atom stereocenters. The van der Waals surface area contributed by atoms with Crippen LogP contribution >= 0.6 is 0 Å². The second-order valence-corrected chi connectivity index (χ2v) is 6.88. The van der Waals surface area contributed by atoms with Crippen molar-refractivity contribution >= 4 is 17.1 Å². The van der Waals surface area contributed by atoms with Crippen LogP contribution in [0.3, 0.4) is 0 Å². The van der Waals surface area contributed by atoms with Crippen LogP contribution in [0.2, 0.25) is 0 Å². The number of aryl methyl sites for hydroxylation is 1. The number of aliphatic hydroxyl groups is 1. The van der Waals surface area contributed by atoms with Gasteiger partial charge in [-0.1, -0.05) is 18.2 Å². The highest BCUT2D eigenvalue weighted by Gasteiger charge is 2.18. The average molecular weight is 406 g/mol. The number of aromatic nitrogens is 3. The second-order valence-electron chi connectivity index (χ2n) is 6.88. The highest BCUT2D eigenvalue weighted by Crippen LogP contribution is 2.25. The number of hydrogen-bond donors (Lipinski definition) is 2. The summed E-state index contributed by atoms with van der Waals surface area (Å²) in [6.07, 6.45) is 3.01. The standard InChI is InChI=1S/C22H19FN4O3/c1-14-4-2-3-5-18(14)24-19(29)12-26-10-11-27-21(22(26)30)17(13-28)20(25-27)15-6-8-16(23)9-7-15/h2-11,28H,12-13H2,1H3,(H,24,29). The van der Waals surface area contributed by atoms with E-state index in [9.17, 15) is 19.1 Å². The summed E-state index contributed by atoms with van der Waals surface area (Å²) in [6, 6.07) is 13.0. The predicted molar refractivity (Wildman–Crippen MR) is 111 cm³/mol. The molecular weight excluding hydrogens is 387 g/mol. The maximum Gasteiger partial charge on any atom is 0.277 e. The van der Waals surface area contributed by atoms with Crippen LogP contribution in [-0.2, 0) is 17.9 Å². The summed E-state index contributed by atoms with van der Waals surface area (Å²) in [6.45, 7) is 1.26. The molecule has 152 valence electrons. The normalized spacial score (nSPS) is 11.0. The maximum atomic E-state index is 13.2.